The Labute approximate surface area is 189 Å². The van der Waals surface area contributed by atoms with E-state index in [2.05, 4.69) is 35.9 Å². The standard InChI is InChI=1S/C28H29FO3/c1-19-3-5-20(6-4-19)21-7-9-22(10-8-21)24-13-16-26(27(29)17-24)23-11-14-25(15-12-23)32-18-28(30)31-2/h7-17,19-20H,3-6,18H2,1-2H3. The van der Waals surface area contributed by atoms with Crippen molar-refractivity contribution >= 4 is 5.97 Å². The number of ether oxygens (including phenoxy) is 2. The molecule has 1 saturated carbocycles. The zero-order valence-corrected chi connectivity index (χ0v) is 18.6. The van der Waals surface area contributed by atoms with Gasteiger partial charge in [0.2, 0.25) is 0 Å². The first kappa shape index (κ1) is 22.1. The molecule has 1 aliphatic rings. The van der Waals surface area contributed by atoms with Crippen molar-refractivity contribution in [3.63, 3.8) is 0 Å². The Kier molecular flexibility index (Phi) is 6.89. The summed E-state index contributed by atoms with van der Waals surface area (Å²) in [6.45, 7) is 2.18. The molecule has 0 bridgehead atoms. The lowest BCUT2D eigenvalue weighted by Crippen LogP contribution is -2.12. The molecular weight excluding hydrogens is 403 g/mol. The van der Waals surface area contributed by atoms with Crippen molar-refractivity contribution in [1.82, 2.24) is 0 Å². The van der Waals surface area contributed by atoms with Gasteiger partial charge in [-0.3, -0.25) is 0 Å². The predicted octanol–water partition coefficient (Wildman–Crippen LogP) is 7.01. The minimum Gasteiger partial charge on any atom is -0.482 e. The van der Waals surface area contributed by atoms with Crippen molar-refractivity contribution in [2.45, 2.75) is 38.5 Å². The predicted molar refractivity (Wildman–Crippen MR) is 125 cm³/mol. The lowest BCUT2D eigenvalue weighted by atomic mass is 9.79. The molecule has 0 atom stereocenters. The normalized spacial score (nSPS) is 18.2. The number of rotatable bonds is 6. The first-order chi connectivity index (χ1) is 15.5. The highest BCUT2D eigenvalue weighted by atomic mass is 19.1. The maximum Gasteiger partial charge on any atom is 0.343 e. The maximum atomic E-state index is 14.9. The summed E-state index contributed by atoms with van der Waals surface area (Å²) < 4.78 is 24.8. The molecule has 0 radical (unpaired) electrons. The summed E-state index contributed by atoms with van der Waals surface area (Å²) in [5, 5.41) is 0. The number of halogens is 1. The van der Waals surface area contributed by atoms with Gasteiger partial charge in [0, 0.05) is 5.56 Å². The molecule has 1 aliphatic carbocycles. The quantitative estimate of drug-likeness (QED) is 0.393. The van der Waals surface area contributed by atoms with Crippen LogP contribution in [-0.2, 0) is 9.53 Å². The molecule has 32 heavy (non-hydrogen) atoms. The summed E-state index contributed by atoms with van der Waals surface area (Å²) in [6.07, 6.45) is 5.13. The largest absolute Gasteiger partial charge is 0.482 e. The van der Waals surface area contributed by atoms with Gasteiger partial charge in [0.15, 0.2) is 6.61 Å². The maximum absolute atomic E-state index is 14.9. The second-order valence-corrected chi connectivity index (χ2v) is 8.66. The second kappa shape index (κ2) is 9.99. The number of benzene rings is 3. The van der Waals surface area contributed by atoms with Gasteiger partial charge >= 0.3 is 5.97 Å². The van der Waals surface area contributed by atoms with Gasteiger partial charge in [0.05, 0.1) is 7.11 Å². The van der Waals surface area contributed by atoms with Gasteiger partial charge in [0.1, 0.15) is 11.6 Å². The molecule has 0 amide bonds. The Bertz CT molecular complexity index is 1050. The van der Waals surface area contributed by atoms with Gasteiger partial charge in [-0.25, -0.2) is 9.18 Å². The third-order valence-corrected chi connectivity index (χ3v) is 6.45. The topological polar surface area (TPSA) is 35.5 Å². The minimum absolute atomic E-state index is 0.155. The second-order valence-electron chi connectivity index (χ2n) is 8.66. The van der Waals surface area contributed by atoms with Crippen LogP contribution in [0.3, 0.4) is 0 Å². The molecule has 3 aromatic rings. The molecule has 3 aromatic carbocycles. The van der Waals surface area contributed by atoms with Crippen LogP contribution in [0.1, 0.15) is 44.1 Å². The number of hydrogen-bond acceptors (Lipinski definition) is 3. The highest BCUT2D eigenvalue weighted by molar-refractivity contribution is 5.72. The van der Waals surface area contributed by atoms with Crippen LogP contribution in [-0.4, -0.2) is 19.7 Å². The molecule has 0 unspecified atom stereocenters. The first-order valence-corrected chi connectivity index (χ1v) is 11.2. The number of hydrogen-bond donors (Lipinski definition) is 0. The molecule has 166 valence electrons. The van der Waals surface area contributed by atoms with E-state index in [9.17, 15) is 9.18 Å². The Morgan fingerprint density at radius 1 is 0.875 bits per heavy atom. The monoisotopic (exact) mass is 432 g/mol. The van der Waals surface area contributed by atoms with E-state index in [0.29, 0.717) is 17.2 Å². The Morgan fingerprint density at radius 2 is 1.50 bits per heavy atom. The lowest BCUT2D eigenvalue weighted by molar-refractivity contribution is -0.142. The minimum atomic E-state index is -0.447. The van der Waals surface area contributed by atoms with Crippen molar-refractivity contribution in [1.29, 1.82) is 0 Å². The summed E-state index contributed by atoms with van der Waals surface area (Å²) in [5.74, 6) is 1.31. The van der Waals surface area contributed by atoms with E-state index in [4.69, 9.17) is 4.74 Å². The van der Waals surface area contributed by atoms with Gasteiger partial charge in [-0.15, -0.1) is 0 Å². The fourth-order valence-electron chi connectivity index (χ4n) is 4.40. The van der Waals surface area contributed by atoms with Gasteiger partial charge in [0.25, 0.3) is 0 Å². The first-order valence-electron chi connectivity index (χ1n) is 11.2. The van der Waals surface area contributed by atoms with Crippen LogP contribution in [0.5, 0.6) is 5.75 Å². The van der Waals surface area contributed by atoms with Crippen molar-refractivity contribution in [2.75, 3.05) is 13.7 Å². The van der Waals surface area contributed by atoms with Crippen LogP contribution in [0.4, 0.5) is 4.39 Å². The van der Waals surface area contributed by atoms with Crippen molar-refractivity contribution in [2.24, 2.45) is 5.92 Å². The summed E-state index contributed by atoms with van der Waals surface area (Å²) in [6, 6.07) is 21.0. The Hall–Kier alpha value is -3.14. The van der Waals surface area contributed by atoms with Crippen LogP contribution in [0.2, 0.25) is 0 Å². The summed E-state index contributed by atoms with van der Waals surface area (Å²) in [7, 11) is 1.31. The summed E-state index contributed by atoms with van der Waals surface area (Å²) >= 11 is 0. The van der Waals surface area contributed by atoms with E-state index in [0.717, 1.165) is 22.6 Å². The molecule has 4 rings (SSSR count). The van der Waals surface area contributed by atoms with Crippen LogP contribution >= 0.6 is 0 Å². The molecule has 0 saturated heterocycles. The van der Waals surface area contributed by atoms with Gasteiger partial charge in [-0.2, -0.15) is 0 Å². The number of methoxy groups -OCH3 is 1. The van der Waals surface area contributed by atoms with Gasteiger partial charge < -0.3 is 9.47 Å². The van der Waals surface area contributed by atoms with Crippen LogP contribution in [0, 0.1) is 11.7 Å². The van der Waals surface area contributed by atoms with Crippen LogP contribution in [0.15, 0.2) is 66.7 Å². The molecule has 0 heterocycles. The van der Waals surface area contributed by atoms with E-state index in [1.807, 2.05) is 12.1 Å². The van der Waals surface area contributed by atoms with Crippen molar-refractivity contribution in [3.8, 4) is 28.0 Å². The van der Waals surface area contributed by atoms with Crippen molar-refractivity contribution in [3.05, 3.63) is 78.1 Å². The number of esters is 1. The smallest absolute Gasteiger partial charge is 0.343 e. The highest BCUT2D eigenvalue weighted by Gasteiger charge is 2.19. The molecule has 0 N–H and O–H groups in total. The van der Waals surface area contributed by atoms with Crippen LogP contribution < -0.4 is 4.74 Å². The molecular formula is C28H29FO3. The third kappa shape index (κ3) is 5.18. The zero-order valence-electron chi connectivity index (χ0n) is 18.6. The van der Waals surface area contributed by atoms with E-state index < -0.39 is 5.97 Å². The van der Waals surface area contributed by atoms with Gasteiger partial charge in [-0.05, 0) is 65.1 Å². The Balaban J connectivity index is 1.45. The summed E-state index contributed by atoms with van der Waals surface area (Å²) in [5.41, 5.74) is 4.57. The van der Waals surface area contributed by atoms with E-state index >= 15 is 0 Å². The van der Waals surface area contributed by atoms with E-state index in [1.54, 1.807) is 30.3 Å². The average molecular weight is 433 g/mol. The average Bonchev–Trinajstić information content (AvgIpc) is 2.83. The number of carbonyl (C=O) groups excluding carboxylic acids is 1. The summed E-state index contributed by atoms with van der Waals surface area (Å²) in [4.78, 5) is 11.2. The zero-order chi connectivity index (χ0) is 22.5. The van der Waals surface area contributed by atoms with Crippen molar-refractivity contribution < 1.29 is 18.7 Å². The Morgan fingerprint density at radius 3 is 2.12 bits per heavy atom. The van der Waals surface area contributed by atoms with E-state index in [-0.39, 0.29) is 12.4 Å². The fourth-order valence-corrected chi connectivity index (χ4v) is 4.40. The van der Waals surface area contributed by atoms with Crippen LogP contribution in [0.25, 0.3) is 22.3 Å². The molecule has 0 spiro atoms. The molecule has 0 aromatic heterocycles. The molecule has 4 heteroatoms. The molecule has 3 nitrogen and oxygen atoms in total. The third-order valence-electron chi connectivity index (χ3n) is 6.45. The fraction of sp³-hybridized carbons (Fsp3) is 0.321. The SMILES string of the molecule is COC(=O)COc1ccc(-c2ccc(-c3ccc(C4CCC(C)CC4)cc3)cc2F)cc1. The number of carbonyl (C=O) groups is 1. The van der Waals surface area contributed by atoms with Gasteiger partial charge in [-0.1, -0.05) is 68.3 Å². The lowest BCUT2D eigenvalue weighted by Gasteiger charge is -2.26. The molecule has 0 aliphatic heterocycles. The molecule has 1 fully saturated rings. The van der Waals surface area contributed by atoms with E-state index in [1.165, 1.54) is 38.4 Å². The highest BCUT2D eigenvalue weighted by Crippen LogP contribution is 2.36.